The zero-order valence-electron chi connectivity index (χ0n) is 17.0. The maximum atomic E-state index is 11.9. The Morgan fingerprint density at radius 3 is 1.81 bits per heavy atom. The molecule has 0 saturated carbocycles. The number of Topliss-reactive ketones (excluding diaryl/α,β-unsaturated/α-hetero) is 1. The van der Waals surface area contributed by atoms with Gasteiger partial charge in [0.1, 0.15) is 17.4 Å². The Bertz CT molecular complexity index is 449. The van der Waals surface area contributed by atoms with Crippen molar-refractivity contribution in [2.75, 3.05) is 6.61 Å². The zero-order chi connectivity index (χ0) is 19.9. The molecule has 1 heterocycles. The van der Waals surface area contributed by atoms with Crippen LogP contribution in [0, 0.1) is 0 Å². The molecule has 1 rings (SSSR count). The van der Waals surface area contributed by atoms with Crippen molar-refractivity contribution in [2.24, 2.45) is 0 Å². The minimum absolute atomic E-state index is 0.0553. The van der Waals surface area contributed by atoms with E-state index in [9.17, 15) is 14.7 Å². The average Bonchev–Trinajstić information content (AvgIpc) is 2.64. The van der Waals surface area contributed by atoms with Crippen molar-refractivity contribution < 1.29 is 24.5 Å². The summed E-state index contributed by atoms with van der Waals surface area (Å²) in [4.78, 5) is 23.7. The molecule has 0 spiro atoms. The van der Waals surface area contributed by atoms with E-state index in [4.69, 9.17) is 9.84 Å². The van der Waals surface area contributed by atoms with Crippen molar-refractivity contribution in [2.45, 2.75) is 109 Å². The van der Waals surface area contributed by atoms with Gasteiger partial charge in [-0.2, -0.15) is 0 Å². The Kier molecular flexibility index (Phi) is 12.9. The summed E-state index contributed by atoms with van der Waals surface area (Å²) in [6, 6.07) is 0. The molecular formula is C22H38O5. The highest BCUT2D eigenvalue weighted by atomic mass is 16.6. The standard InChI is InChI=1S/C22H38O5/c1-2-3-4-5-6-7-8-9-10-11-12-13-14-15-19(24)21-20(25)16-18(17-23)27-22(21)26/h18,23-24H,2-17H2,1H3. The number of aliphatic hydroxyl groups excluding tert-OH is 2. The van der Waals surface area contributed by atoms with Crippen LogP contribution in [-0.4, -0.2) is 34.7 Å². The molecule has 0 amide bonds. The Balaban J connectivity index is 2.04. The lowest BCUT2D eigenvalue weighted by molar-refractivity contribution is -0.153. The number of hydrogen-bond acceptors (Lipinski definition) is 5. The first-order valence-corrected chi connectivity index (χ1v) is 10.9. The van der Waals surface area contributed by atoms with Crippen LogP contribution in [0.3, 0.4) is 0 Å². The van der Waals surface area contributed by atoms with Gasteiger partial charge in [0.05, 0.1) is 13.0 Å². The smallest absolute Gasteiger partial charge is 0.345 e. The number of ketones is 1. The molecule has 5 nitrogen and oxygen atoms in total. The molecule has 1 aliphatic heterocycles. The summed E-state index contributed by atoms with van der Waals surface area (Å²) in [5.74, 6) is -1.40. The lowest BCUT2D eigenvalue weighted by Gasteiger charge is -2.22. The van der Waals surface area contributed by atoms with Crippen molar-refractivity contribution in [1.29, 1.82) is 0 Å². The van der Waals surface area contributed by atoms with Gasteiger partial charge >= 0.3 is 5.97 Å². The molecule has 1 aliphatic rings. The van der Waals surface area contributed by atoms with Crippen LogP contribution in [-0.2, 0) is 14.3 Å². The summed E-state index contributed by atoms with van der Waals surface area (Å²) in [7, 11) is 0. The molecule has 156 valence electrons. The van der Waals surface area contributed by atoms with E-state index in [1.54, 1.807) is 0 Å². The highest BCUT2D eigenvalue weighted by molar-refractivity contribution is 6.19. The van der Waals surface area contributed by atoms with Gasteiger partial charge in [0.15, 0.2) is 5.78 Å². The maximum Gasteiger partial charge on any atom is 0.345 e. The molecular weight excluding hydrogens is 344 g/mol. The number of ether oxygens (including phenoxy) is 1. The quantitative estimate of drug-likeness (QED) is 0.134. The number of unbranched alkanes of at least 4 members (excludes halogenated alkanes) is 12. The minimum atomic E-state index is -0.808. The van der Waals surface area contributed by atoms with Gasteiger partial charge in [-0.25, -0.2) is 4.79 Å². The number of cyclic esters (lactones) is 1. The molecule has 27 heavy (non-hydrogen) atoms. The third kappa shape index (κ3) is 9.94. The monoisotopic (exact) mass is 382 g/mol. The highest BCUT2D eigenvalue weighted by Crippen LogP contribution is 2.22. The van der Waals surface area contributed by atoms with E-state index in [2.05, 4.69) is 6.92 Å². The fourth-order valence-electron chi connectivity index (χ4n) is 3.49. The lowest BCUT2D eigenvalue weighted by atomic mass is 9.98. The molecule has 5 heteroatoms. The van der Waals surface area contributed by atoms with E-state index >= 15 is 0 Å². The lowest BCUT2D eigenvalue weighted by Crippen LogP contribution is -2.35. The third-order valence-electron chi connectivity index (χ3n) is 5.18. The van der Waals surface area contributed by atoms with Gasteiger partial charge in [0.25, 0.3) is 0 Å². The van der Waals surface area contributed by atoms with Crippen LogP contribution in [0.4, 0.5) is 0 Å². The van der Waals surface area contributed by atoms with Crippen LogP contribution in [0.25, 0.3) is 0 Å². The molecule has 1 fully saturated rings. The van der Waals surface area contributed by atoms with Crippen molar-refractivity contribution in [3.05, 3.63) is 11.3 Å². The highest BCUT2D eigenvalue weighted by Gasteiger charge is 2.34. The number of allylic oxidation sites excluding steroid dienone is 1. The molecule has 0 radical (unpaired) electrons. The number of carbonyl (C=O) groups is 2. The SMILES string of the molecule is CCCCCCCCCCCCCCCC(O)=C1C(=O)CC(CO)OC1=O. The van der Waals surface area contributed by atoms with Gasteiger partial charge in [-0.15, -0.1) is 0 Å². The second-order valence-corrected chi connectivity index (χ2v) is 7.65. The van der Waals surface area contributed by atoms with Crippen LogP contribution >= 0.6 is 0 Å². The maximum absolute atomic E-state index is 11.9. The van der Waals surface area contributed by atoms with E-state index in [0.29, 0.717) is 6.42 Å². The van der Waals surface area contributed by atoms with Crippen molar-refractivity contribution in [1.82, 2.24) is 0 Å². The molecule has 1 saturated heterocycles. The summed E-state index contributed by atoms with van der Waals surface area (Å²) in [5, 5.41) is 19.0. The molecule has 0 aromatic carbocycles. The van der Waals surface area contributed by atoms with Crippen LogP contribution in [0.5, 0.6) is 0 Å². The van der Waals surface area contributed by atoms with Crippen molar-refractivity contribution in [3.8, 4) is 0 Å². The molecule has 1 unspecified atom stereocenters. The largest absolute Gasteiger partial charge is 0.511 e. The van der Waals surface area contributed by atoms with Crippen molar-refractivity contribution >= 4 is 11.8 Å². The van der Waals surface area contributed by atoms with E-state index in [1.165, 1.54) is 64.2 Å². The number of hydrogen-bond donors (Lipinski definition) is 2. The first-order valence-electron chi connectivity index (χ1n) is 10.9. The molecule has 0 aliphatic carbocycles. The summed E-state index contributed by atoms with van der Waals surface area (Å²) in [6.45, 7) is 1.87. The normalized spacial score (nSPS) is 19.3. The van der Waals surface area contributed by atoms with Crippen molar-refractivity contribution in [3.63, 3.8) is 0 Å². The fourth-order valence-corrected chi connectivity index (χ4v) is 3.49. The van der Waals surface area contributed by atoms with E-state index < -0.39 is 17.9 Å². The van der Waals surface area contributed by atoms with Crippen LogP contribution in [0.2, 0.25) is 0 Å². The number of esters is 1. The second kappa shape index (κ2) is 14.7. The van der Waals surface area contributed by atoms with Crippen LogP contribution < -0.4 is 0 Å². The van der Waals surface area contributed by atoms with E-state index in [0.717, 1.165) is 19.3 Å². The topological polar surface area (TPSA) is 83.8 Å². The van der Waals surface area contributed by atoms with Gasteiger partial charge in [-0.05, 0) is 6.42 Å². The Hall–Kier alpha value is -1.36. The van der Waals surface area contributed by atoms with Gasteiger partial charge in [-0.3, -0.25) is 4.79 Å². The summed E-state index contributed by atoms with van der Waals surface area (Å²) in [5.41, 5.74) is -0.223. The average molecular weight is 383 g/mol. The molecule has 1 atom stereocenters. The molecule has 2 N–H and O–H groups in total. The summed E-state index contributed by atoms with van der Waals surface area (Å²) < 4.78 is 4.93. The van der Waals surface area contributed by atoms with Gasteiger partial charge in [0, 0.05) is 6.42 Å². The predicted molar refractivity (Wildman–Crippen MR) is 107 cm³/mol. The second-order valence-electron chi connectivity index (χ2n) is 7.65. The fraction of sp³-hybridized carbons (Fsp3) is 0.818. The third-order valence-corrected chi connectivity index (χ3v) is 5.18. The minimum Gasteiger partial charge on any atom is -0.511 e. The number of rotatable bonds is 15. The van der Waals surface area contributed by atoms with Crippen LogP contribution in [0.1, 0.15) is 103 Å². The van der Waals surface area contributed by atoms with Gasteiger partial charge < -0.3 is 14.9 Å². The molecule has 0 aromatic rings. The Labute approximate surface area is 164 Å². The van der Waals surface area contributed by atoms with E-state index in [-0.39, 0.29) is 24.4 Å². The zero-order valence-corrected chi connectivity index (χ0v) is 17.0. The number of aliphatic hydroxyl groups is 2. The van der Waals surface area contributed by atoms with Crippen LogP contribution in [0.15, 0.2) is 11.3 Å². The molecule has 0 aromatic heterocycles. The number of carbonyl (C=O) groups excluding carboxylic acids is 2. The molecule has 0 bridgehead atoms. The first-order chi connectivity index (χ1) is 13.1. The Morgan fingerprint density at radius 1 is 0.889 bits per heavy atom. The predicted octanol–water partition coefficient (Wildman–Crippen LogP) is 5.16. The first kappa shape index (κ1) is 23.7. The Morgan fingerprint density at radius 2 is 1.37 bits per heavy atom. The summed E-state index contributed by atoms with van der Waals surface area (Å²) in [6.07, 6.45) is 15.6. The van der Waals surface area contributed by atoms with Gasteiger partial charge in [-0.1, -0.05) is 84.0 Å². The van der Waals surface area contributed by atoms with Gasteiger partial charge in [0.2, 0.25) is 0 Å². The van der Waals surface area contributed by atoms with E-state index in [1.807, 2.05) is 0 Å². The summed E-state index contributed by atoms with van der Waals surface area (Å²) >= 11 is 0.